The third kappa shape index (κ3) is 16.2. The third-order valence-electron chi connectivity index (χ3n) is 10.5. The molecule has 18 heteroatoms. The van der Waals surface area contributed by atoms with Crippen molar-refractivity contribution in [1.29, 1.82) is 0 Å². The van der Waals surface area contributed by atoms with Gasteiger partial charge in [-0.1, -0.05) is 33.3 Å². The molecule has 1 aliphatic carbocycles. The minimum absolute atomic E-state index is 0. The summed E-state index contributed by atoms with van der Waals surface area (Å²) in [5.41, 5.74) is 3.37. The molecule has 326 valence electrons. The van der Waals surface area contributed by atoms with Crippen LogP contribution in [0.25, 0.3) is 17.4 Å². The van der Waals surface area contributed by atoms with E-state index in [9.17, 15) is 35.8 Å². The summed E-state index contributed by atoms with van der Waals surface area (Å²) in [6, 6.07) is 12.6. The van der Waals surface area contributed by atoms with Crippen molar-refractivity contribution >= 4 is 38.0 Å². The Kier molecular flexibility index (Phi) is 22.6. The van der Waals surface area contributed by atoms with Crippen LogP contribution in [0.2, 0.25) is 0 Å². The van der Waals surface area contributed by atoms with Gasteiger partial charge in [0, 0.05) is 61.5 Å². The van der Waals surface area contributed by atoms with E-state index in [0.717, 1.165) is 27.9 Å². The Morgan fingerprint density at radius 3 is 2.23 bits per heavy atom. The number of aliphatic carboxylic acids is 1. The molecule has 0 aromatic heterocycles. The van der Waals surface area contributed by atoms with Crippen molar-refractivity contribution in [3.05, 3.63) is 82.6 Å². The van der Waals surface area contributed by atoms with E-state index in [4.69, 9.17) is 18.6 Å². The van der Waals surface area contributed by atoms with Gasteiger partial charge in [0.15, 0.2) is 0 Å². The molecule has 0 bridgehead atoms. The average Bonchev–Trinajstić information content (AvgIpc) is 3.38. The molecular weight excluding hydrogens is 847 g/mol. The molecule has 0 radical (unpaired) electrons. The maximum Gasteiger partial charge on any atom is 1.00 e. The van der Waals surface area contributed by atoms with Gasteiger partial charge in [-0.3, -0.25) is 13.9 Å². The molecule has 4 rings (SSSR count). The Morgan fingerprint density at radius 2 is 1.61 bits per heavy atom. The normalized spacial score (nSPS) is 16.8. The van der Waals surface area contributed by atoms with E-state index in [-0.39, 0.29) is 88.0 Å². The number of unbranched alkanes of at least 4 members (excludes halogenated alkanes) is 2. The van der Waals surface area contributed by atoms with Crippen molar-refractivity contribution in [1.82, 2.24) is 4.58 Å². The zero-order valence-electron chi connectivity index (χ0n) is 37.1. The number of methoxy groups -OCH3 is 1. The Morgan fingerprint density at radius 1 is 0.918 bits per heavy atom. The van der Waals surface area contributed by atoms with E-state index in [0.29, 0.717) is 95.4 Å². The van der Waals surface area contributed by atoms with Crippen LogP contribution in [-0.4, -0.2) is 103 Å². The molecule has 3 aliphatic rings. The molecule has 2 heterocycles. The summed E-state index contributed by atoms with van der Waals surface area (Å²) >= 11 is 0. The van der Waals surface area contributed by atoms with Crippen LogP contribution >= 0.6 is 0 Å². The van der Waals surface area contributed by atoms with Crippen LogP contribution in [0, 0.1) is 0 Å². The van der Waals surface area contributed by atoms with Crippen LogP contribution in [0.5, 0.6) is 0 Å². The molecule has 1 aromatic carbocycles. The molecule has 61 heavy (non-hydrogen) atoms. The Labute approximate surface area is 405 Å². The fourth-order valence-electron chi connectivity index (χ4n) is 7.39. The minimum Gasteiger partial charge on any atom is -0.481 e. The average molecular weight is 908 g/mol. The SMILES string of the molecule is CC[N+](CCCS(=O)(=O)O)=c1ccc2c(C(C)(C)C)cc(/C=C/C=C3/N(CCCCCC(=O)O)c4ccc(S(=O)(=O)O)cc4C3(C)CCOCCOCCOC)oc-2c1.[Na+].[Na+]. The van der Waals surface area contributed by atoms with Crippen LogP contribution in [0.3, 0.4) is 0 Å². The Balaban J connectivity index is 0.00000641. The van der Waals surface area contributed by atoms with Crippen molar-refractivity contribution < 1.29 is 114 Å². The van der Waals surface area contributed by atoms with E-state index >= 15 is 0 Å². The van der Waals surface area contributed by atoms with Gasteiger partial charge in [0.05, 0.1) is 43.1 Å². The number of rotatable bonds is 23. The van der Waals surface area contributed by atoms with Gasteiger partial charge < -0.3 is 28.6 Å². The molecular formula is C43H61N2Na2O12S2+3. The number of hydrogen-bond acceptors (Lipinski definition) is 10. The number of carboxylic acid groups (broad SMARTS) is 1. The van der Waals surface area contributed by atoms with Crippen LogP contribution in [0.15, 0.2) is 69.6 Å². The van der Waals surface area contributed by atoms with Gasteiger partial charge in [-0.15, -0.1) is 0 Å². The van der Waals surface area contributed by atoms with E-state index in [1.807, 2.05) is 60.9 Å². The van der Waals surface area contributed by atoms with Gasteiger partial charge in [-0.2, -0.15) is 16.8 Å². The number of nitrogens with zero attached hydrogens (tertiary/aromatic N) is 2. The number of anilines is 1. The first-order chi connectivity index (χ1) is 27.8. The first-order valence-corrected chi connectivity index (χ1v) is 23.1. The predicted octanol–water partition coefficient (Wildman–Crippen LogP) is 0.396. The quantitative estimate of drug-likeness (QED) is 0.0513. The zero-order chi connectivity index (χ0) is 43.4. The summed E-state index contributed by atoms with van der Waals surface area (Å²) in [6.45, 7) is 14.0. The molecule has 1 aromatic rings. The number of carbonyl (C=O) groups is 1. The number of carboxylic acids is 1. The van der Waals surface area contributed by atoms with E-state index in [1.165, 1.54) is 12.1 Å². The number of hydrogen-bond donors (Lipinski definition) is 3. The molecule has 2 aliphatic heterocycles. The summed E-state index contributed by atoms with van der Waals surface area (Å²) in [6.07, 6.45) is 8.46. The van der Waals surface area contributed by atoms with Crippen LogP contribution in [-0.2, 0) is 50.1 Å². The fourth-order valence-corrected chi connectivity index (χ4v) is 8.40. The third-order valence-corrected chi connectivity index (χ3v) is 12.2. The molecule has 0 saturated heterocycles. The topological polar surface area (TPSA) is 193 Å². The second-order valence-electron chi connectivity index (χ2n) is 15.9. The van der Waals surface area contributed by atoms with Crippen molar-refractivity contribution in [2.24, 2.45) is 0 Å². The molecule has 0 spiro atoms. The number of benzene rings is 2. The summed E-state index contributed by atoms with van der Waals surface area (Å²) in [4.78, 5) is 13.1. The molecule has 14 nitrogen and oxygen atoms in total. The van der Waals surface area contributed by atoms with Crippen molar-refractivity contribution in [3.63, 3.8) is 0 Å². The monoisotopic (exact) mass is 907 g/mol. The van der Waals surface area contributed by atoms with Gasteiger partial charge >= 0.3 is 65.1 Å². The Bertz CT molecular complexity index is 2240. The fraction of sp³-hybridized carbons (Fsp3) is 0.535. The minimum atomic E-state index is -4.51. The van der Waals surface area contributed by atoms with Crippen molar-refractivity contribution in [3.8, 4) is 11.3 Å². The van der Waals surface area contributed by atoms with Crippen LogP contribution < -0.4 is 73.9 Å². The molecule has 1 unspecified atom stereocenters. The van der Waals surface area contributed by atoms with E-state index < -0.39 is 31.6 Å². The van der Waals surface area contributed by atoms with E-state index in [2.05, 4.69) is 25.7 Å². The first-order valence-electron chi connectivity index (χ1n) is 20.0. The number of allylic oxidation sites excluding steroid dienone is 3. The smallest absolute Gasteiger partial charge is 0.481 e. The largest absolute Gasteiger partial charge is 1.00 e. The summed E-state index contributed by atoms with van der Waals surface area (Å²) < 4.78 is 91.9. The second kappa shape index (κ2) is 25.0. The van der Waals surface area contributed by atoms with Crippen molar-refractivity contribution in [2.45, 2.75) is 88.9 Å². The first kappa shape index (κ1) is 55.2. The van der Waals surface area contributed by atoms with Gasteiger partial charge in [0.25, 0.3) is 20.2 Å². The van der Waals surface area contributed by atoms with Crippen molar-refractivity contribution in [2.75, 3.05) is 70.4 Å². The van der Waals surface area contributed by atoms with Crippen LogP contribution in [0.1, 0.15) is 90.0 Å². The zero-order valence-corrected chi connectivity index (χ0v) is 42.7. The predicted molar refractivity (Wildman–Crippen MR) is 228 cm³/mol. The van der Waals surface area contributed by atoms with Gasteiger partial charge in [-0.05, 0) is 92.1 Å². The summed E-state index contributed by atoms with van der Waals surface area (Å²) in [5, 5.41) is 10.0. The molecule has 3 N–H and O–H groups in total. The molecule has 0 saturated carbocycles. The number of ether oxygens (including phenoxy) is 3. The molecule has 0 fully saturated rings. The van der Waals surface area contributed by atoms with E-state index in [1.54, 1.807) is 13.2 Å². The second-order valence-corrected chi connectivity index (χ2v) is 18.9. The molecule has 0 amide bonds. The Hall–Kier alpha value is -1.90. The van der Waals surface area contributed by atoms with Crippen LogP contribution in [0.4, 0.5) is 5.69 Å². The van der Waals surface area contributed by atoms with Gasteiger partial charge in [0.1, 0.15) is 24.6 Å². The standard InChI is InChI=1S/C43H60N2O12S2.2Na/c1-7-44(21-12-28-58(48,49)50)32-16-18-35-36(42(2,3)4)30-33(57-39(35)29-32)13-11-14-40-43(5,20-23-55-26-27-56-25-24-54-6)37-31-34(59(51,52)53)17-19-38(37)45(40)22-10-8-9-15-41(46)47;;/h11,13-14,16-19,29-31H,7-10,12,15,20-28H2,1-6H3,(H2-,46,47,48,49,50,51,52,53);;/q;2*+1/p+1. The number of fused-ring (bicyclic) bond motifs is 2. The summed E-state index contributed by atoms with van der Waals surface area (Å²) in [7, 11) is -6.97. The summed E-state index contributed by atoms with van der Waals surface area (Å²) in [5.74, 6) is 0.0668. The van der Waals surface area contributed by atoms with Gasteiger partial charge in [-0.25, -0.2) is 4.58 Å². The van der Waals surface area contributed by atoms with Gasteiger partial charge in [0.2, 0.25) is 5.36 Å². The maximum absolute atomic E-state index is 12.4. The maximum atomic E-state index is 12.4. The molecule has 1 atom stereocenters.